The van der Waals surface area contributed by atoms with Crippen LogP contribution in [-0.4, -0.2) is 27.5 Å². The number of unbranched alkanes of at least 4 members (excludes halogenated alkanes) is 1. The van der Waals surface area contributed by atoms with E-state index in [2.05, 4.69) is 16.8 Å². The molecule has 0 aliphatic heterocycles. The first-order valence-electron chi connectivity index (χ1n) is 6.86. The van der Waals surface area contributed by atoms with Gasteiger partial charge in [-0.15, -0.1) is 0 Å². The smallest absolute Gasteiger partial charge is 0.387 e. The predicted molar refractivity (Wildman–Crippen MR) is 76.2 cm³/mol. The zero-order valence-electron chi connectivity index (χ0n) is 12.0. The molecule has 1 N–H and O–H groups in total. The zero-order chi connectivity index (χ0) is 16.1. The van der Waals surface area contributed by atoms with E-state index < -0.39 is 12.6 Å². The Morgan fingerprint density at radius 1 is 1.41 bits per heavy atom. The first-order chi connectivity index (χ1) is 10.5. The van der Waals surface area contributed by atoms with Crippen molar-refractivity contribution < 1.29 is 23.4 Å². The lowest BCUT2D eigenvalue weighted by atomic mass is 10.1. The summed E-state index contributed by atoms with van der Waals surface area (Å²) in [5.74, 6) is -1.68. The number of carboxylic acids is 1. The van der Waals surface area contributed by atoms with Crippen molar-refractivity contribution in [2.45, 2.75) is 32.9 Å². The van der Waals surface area contributed by atoms with Crippen molar-refractivity contribution in [2.24, 2.45) is 0 Å². The van der Waals surface area contributed by atoms with Crippen LogP contribution in [0.2, 0.25) is 0 Å². The molecule has 1 aromatic heterocycles. The van der Waals surface area contributed by atoms with Gasteiger partial charge in [-0.05, 0) is 24.1 Å². The summed E-state index contributed by atoms with van der Waals surface area (Å²) in [4.78, 5) is 11.0. The summed E-state index contributed by atoms with van der Waals surface area (Å²) in [6, 6.07) is 4.08. The molecule has 0 atom stereocenters. The van der Waals surface area contributed by atoms with Crippen molar-refractivity contribution in [2.75, 3.05) is 0 Å². The molecule has 0 fully saturated rings. The van der Waals surface area contributed by atoms with Crippen molar-refractivity contribution in [3.8, 4) is 16.9 Å². The van der Waals surface area contributed by atoms with Crippen LogP contribution in [0.1, 0.15) is 30.1 Å². The second kappa shape index (κ2) is 7.02. The molecule has 2 aromatic rings. The fraction of sp³-hybridized carbons (Fsp3) is 0.333. The summed E-state index contributed by atoms with van der Waals surface area (Å²) in [6.45, 7) is -0.242. The molecule has 1 heterocycles. The van der Waals surface area contributed by atoms with Gasteiger partial charge in [0.1, 0.15) is 11.3 Å². The quantitative estimate of drug-likeness (QED) is 0.848. The lowest BCUT2D eigenvalue weighted by Crippen LogP contribution is -2.07. The molecule has 0 aliphatic carbocycles. The molecule has 0 spiro atoms. The molecule has 2 rings (SSSR count). The third-order valence-corrected chi connectivity index (χ3v) is 3.14. The zero-order valence-corrected chi connectivity index (χ0v) is 12.0. The molecule has 0 saturated carbocycles. The highest BCUT2D eigenvalue weighted by molar-refractivity contribution is 5.92. The molecule has 0 aliphatic rings. The monoisotopic (exact) mass is 310 g/mol. The van der Waals surface area contributed by atoms with Gasteiger partial charge in [-0.3, -0.25) is 4.68 Å². The van der Waals surface area contributed by atoms with Crippen LogP contribution in [0.5, 0.6) is 5.75 Å². The number of aromatic carboxylic acids is 1. The van der Waals surface area contributed by atoms with Crippen LogP contribution in [0.3, 0.4) is 0 Å². The highest BCUT2D eigenvalue weighted by atomic mass is 19.3. The van der Waals surface area contributed by atoms with Gasteiger partial charge in [-0.25, -0.2) is 4.79 Å². The Morgan fingerprint density at radius 2 is 2.18 bits per heavy atom. The Labute approximate surface area is 126 Å². The molecule has 1 aromatic carbocycles. The van der Waals surface area contributed by atoms with Gasteiger partial charge in [0, 0.05) is 18.3 Å². The predicted octanol–water partition coefficient (Wildman–Crippen LogP) is 3.65. The second-order valence-corrected chi connectivity index (χ2v) is 4.74. The van der Waals surface area contributed by atoms with Crippen molar-refractivity contribution in [1.29, 1.82) is 0 Å². The van der Waals surface area contributed by atoms with Crippen molar-refractivity contribution in [3.05, 3.63) is 36.2 Å². The molecule has 0 amide bonds. The van der Waals surface area contributed by atoms with E-state index in [9.17, 15) is 13.6 Å². The van der Waals surface area contributed by atoms with Crippen LogP contribution in [0.15, 0.2) is 30.6 Å². The van der Waals surface area contributed by atoms with E-state index >= 15 is 0 Å². The SMILES string of the molecule is CCCCn1cc(-c2ccc(C(=O)O)c(OC(F)F)c2)cn1. The lowest BCUT2D eigenvalue weighted by Gasteiger charge is -2.09. The third kappa shape index (κ3) is 3.81. The van der Waals surface area contributed by atoms with Crippen LogP contribution in [0.25, 0.3) is 11.1 Å². The first kappa shape index (κ1) is 15.9. The van der Waals surface area contributed by atoms with Crippen LogP contribution in [-0.2, 0) is 6.54 Å². The van der Waals surface area contributed by atoms with E-state index in [0.717, 1.165) is 19.4 Å². The molecule has 5 nitrogen and oxygen atoms in total. The van der Waals surface area contributed by atoms with Gasteiger partial charge < -0.3 is 9.84 Å². The van der Waals surface area contributed by atoms with E-state index in [1.807, 2.05) is 0 Å². The van der Waals surface area contributed by atoms with Crippen molar-refractivity contribution >= 4 is 5.97 Å². The topological polar surface area (TPSA) is 64.4 Å². The summed E-state index contributed by atoms with van der Waals surface area (Å²) in [5, 5.41) is 13.2. The lowest BCUT2D eigenvalue weighted by molar-refractivity contribution is -0.0502. The summed E-state index contributed by atoms with van der Waals surface area (Å²) >= 11 is 0. The Morgan fingerprint density at radius 3 is 2.82 bits per heavy atom. The Hall–Kier alpha value is -2.44. The number of rotatable bonds is 7. The maximum absolute atomic E-state index is 12.4. The highest BCUT2D eigenvalue weighted by Gasteiger charge is 2.16. The average Bonchev–Trinajstić information content (AvgIpc) is 2.93. The fourth-order valence-electron chi connectivity index (χ4n) is 2.03. The largest absolute Gasteiger partial charge is 0.478 e. The average molecular weight is 310 g/mol. The third-order valence-electron chi connectivity index (χ3n) is 3.14. The minimum absolute atomic E-state index is 0.303. The number of alkyl halides is 2. The second-order valence-electron chi connectivity index (χ2n) is 4.74. The number of carbonyl (C=O) groups is 1. The maximum Gasteiger partial charge on any atom is 0.387 e. The Bertz CT molecular complexity index is 656. The van der Waals surface area contributed by atoms with Crippen LogP contribution >= 0.6 is 0 Å². The van der Waals surface area contributed by atoms with Crippen LogP contribution < -0.4 is 4.74 Å². The number of nitrogens with zero attached hydrogens (tertiary/aromatic N) is 2. The van der Waals surface area contributed by atoms with Gasteiger partial charge in [-0.1, -0.05) is 19.4 Å². The van der Waals surface area contributed by atoms with Crippen LogP contribution in [0, 0.1) is 0 Å². The van der Waals surface area contributed by atoms with Gasteiger partial charge in [-0.2, -0.15) is 13.9 Å². The minimum atomic E-state index is -3.08. The van der Waals surface area contributed by atoms with E-state index in [1.165, 1.54) is 12.1 Å². The number of ether oxygens (including phenoxy) is 1. The molecule has 0 radical (unpaired) electrons. The number of hydrogen-bond acceptors (Lipinski definition) is 3. The van der Waals surface area contributed by atoms with Gasteiger partial charge >= 0.3 is 12.6 Å². The van der Waals surface area contributed by atoms with E-state index in [0.29, 0.717) is 11.1 Å². The standard InChI is InChI=1S/C15H16F2N2O3/c1-2-3-6-19-9-11(8-18-19)10-4-5-12(14(20)21)13(7-10)22-15(16)17/h4-5,7-9,15H,2-3,6H2,1H3,(H,20,21). The number of aryl methyl sites for hydroxylation is 1. The van der Waals surface area contributed by atoms with Gasteiger partial charge in [0.15, 0.2) is 0 Å². The number of hydrogen-bond donors (Lipinski definition) is 1. The normalized spacial score (nSPS) is 10.9. The highest BCUT2D eigenvalue weighted by Crippen LogP contribution is 2.28. The number of halogens is 2. The summed E-state index contributed by atoms with van der Waals surface area (Å²) in [7, 11) is 0. The molecule has 0 bridgehead atoms. The van der Waals surface area contributed by atoms with E-state index in [4.69, 9.17) is 5.11 Å². The molecular weight excluding hydrogens is 294 g/mol. The molecule has 22 heavy (non-hydrogen) atoms. The fourth-order valence-corrected chi connectivity index (χ4v) is 2.03. The number of carboxylic acid groups (broad SMARTS) is 1. The Kier molecular flexibility index (Phi) is 5.08. The number of benzene rings is 1. The van der Waals surface area contributed by atoms with Gasteiger partial charge in [0.05, 0.1) is 6.20 Å². The van der Waals surface area contributed by atoms with Crippen molar-refractivity contribution in [3.63, 3.8) is 0 Å². The summed E-state index contributed by atoms with van der Waals surface area (Å²) < 4.78 is 30.9. The minimum Gasteiger partial charge on any atom is -0.478 e. The van der Waals surface area contributed by atoms with E-state index in [-0.39, 0.29) is 11.3 Å². The van der Waals surface area contributed by atoms with Gasteiger partial charge in [0.25, 0.3) is 0 Å². The summed E-state index contributed by atoms with van der Waals surface area (Å²) in [5.41, 5.74) is 0.984. The number of aromatic nitrogens is 2. The molecule has 0 unspecified atom stereocenters. The summed E-state index contributed by atoms with van der Waals surface area (Å²) in [6.07, 6.45) is 5.42. The molecular formula is C15H16F2N2O3. The van der Waals surface area contributed by atoms with E-state index in [1.54, 1.807) is 23.1 Å². The Balaban J connectivity index is 2.31. The maximum atomic E-state index is 12.4. The van der Waals surface area contributed by atoms with Crippen molar-refractivity contribution in [1.82, 2.24) is 9.78 Å². The molecule has 0 saturated heterocycles. The first-order valence-corrected chi connectivity index (χ1v) is 6.86. The van der Waals surface area contributed by atoms with Crippen LogP contribution in [0.4, 0.5) is 8.78 Å². The van der Waals surface area contributed by atoms with Gasteiger partial charge in [0.2, 0.25) is 0 Å². The molecule has 7 heteroatoms. The molecule has 118 valence electrons.